The molecule has 4 heteroatoms. The van der Waals surface area contributed by atoms with Gasteiger partial charge >= 0.3 is 0 Å². The Morgan fingerprint density at radius 1 is 0.493 bits per heavy atom. The van der Waals surface area contributed by atoms with Gasteiger partial charge in [0, 0.05) is 73.7 Å². The van der Waals surface area contributed by atoms with Crippen LogP contribution in [-0.4, -0.2) is 15.6 Å². The maximum absolute atomic E-state index is 4.62. The lowest BCUT2D eigenvalue weighted by molar-refractivity contribution is 0.717. The monoisotopic (exact) mass is 884 g/mol. The minimum Gasteiger partial charge on any atom is -0.333 e. The third kappa shape index (κ3) is 7.29. The molecular weight excluding hydrogens is 837 g/mol. The normalized spacial score (nSPS) is 16.7. The van der Waals surface area contributed by atoms with E-state index in [1.165, 1.54) is 66.2 Å². The lowest BCUT2D eigenvalue weighted by atomic mass is 9.81. The molecule has 10 aromatic rings. The summed E-state index contributed by atoms with van der Waals surface area (Å²) >= 11 is 0. The summed E-state index contributed by atoms with van der Waals surface area (Å²) in [5.74, 6) is 0.392. The third-order valence-electron chi connectivity index (χ3n) is 14.3. The molecule has 8 aromatic carbocycles. The highest BCUT2D eigenvalue weighted by Gasteiger charge is 2.39. The molecule has 0 saturated carbocycles. The van der Waals surface area contributed by atoms with Crippen LogP contribution in [0.1, 0.15) is 17.9 Å². The average Bonchev–Trinajstić information content (AvgIpc) is 3.94. The molecule has 0 N–H and O–H groups in total. The number of fused-ring (bicyclic) bond motifs is 6. The number of pyridine rings is 1. The molecule has 3 aliphatic rings. The minimum absolute atomic E-state index is 0.132. The Bertz CT molecular complexity index is 3630. The van der Waals surface area contributed by atoms with Gasteiger partial charge in [0.05, 0.1) is 17.3 Å². The van der Waals surface area contributed by atoms with Crippen molar-refractivity contribution in [1.29, 1.82) is 0 Å². The van der Waals surface area contributed by atoms with E-state index < -0.39 is 0 Å². The summed E-state index contributed by atoms with van der Waals surface area (Å²) in [6.07, 6.45) is 15.3. The number of para-hydroxylation sites is 2. The summed E-state index contributed by atoms with van der Waals surface area (Å²) in [6, 6.07) is 81.1. The van der Waals surface area contributed by atoms with E-state index in [0.717, 1.165) is 40.4 Å². The highest BCUT2D eigenvalue weighted by atomic mass is 15.2. The Morgan fingerprint density at radius 3 is 1.75 bits per heavy atom. The van der Waals surface area contributed by atoms with Crippen LogP contribution in [-0.2, 0) is 0 Å². The standard InChI is InChI=1S/C65H48N4/c1-5-15-45(16-6-1)48-26-36-62-57(41-48)59-43-50(28-38-64(59)68(62)55-30-24-47(25-31-55)61-23-13-14-40-66-61)51-29-39-65-60(44-51)58-42-49(46-17-7-2-8-18-46)27-37-63(58)69(65)56-34-32-54(33-35-56)67(52-19-9-3-10-20-52)53-21-11-4-12-22-53/h1-27,29-44,50,60,65H,28H2. The predicted molar refractivity (Wildman–Crippen MR) is 287 cm³/mol. The zero-order valence-corrected chi connectivity index (χ0v) is 38.1. The molecule has 4 nitrogen and oxygen atoms in total. The molecule has 2 aromatic heterocycles. The highest BCUT2D eigenvalue weighted by Crippen LogP contribution is 2.51. The maximum atomic E-state index is 4.62. The Hall–Kier alpha value is -8.73. The summed E-state index contributed by atoms with van der Waals surface area (Å²) in [7, 11) is 0. The summed E-state index contributed by atoms with van der Waals surface area (Å²) in [5.41, 5.74) is 17.9. The van der Waals surface area contributed by atoms with Crippen molar-refractivity contribution in [3.8, 4) is 39.2 Å². The Kier molecular flexibility index (Phi) is 10.1. The van der Waals surface area contributed by atoms with Crippen LogP contribution in [0, 0.1) is 5.92 Å². The molecule has 0 spiro atoms. The van der Waals surface area contributed by atoms with Crippen LogP contribution in [0.4, 0.5) is 28.4 Å². The van der Waals surface area contributed by atoms with Gasteiger partial charge in [0.15, 0.2) is 0 Å². The molecule has 0 radical (unpaired) electrons. The minimum atomic E-state index is 0.132. The number of hydrogen-bond acceptors (Lipinski definition) is 3. The number of allylic oxidation sites excluding steroid dienone is 2. The molecule has 1 aliphatic heterocycles. The summed E-state index contributed by atoms with van der Waals surface area (Å²) < 4.78 is 2.45. The van der Waals surface area contributed by atoms with E-state index in [2.05, 4.69) is 262 Å². The van der Waals surface area contributed by atoms with E-state index in [4.69, 9.17) is 0 Å². The van der Waals surface area contributed by atoms with E-state index >= 15 is 0 Å². The number of hydrogen-bond donors (Lipinski definition) is 0. The summed E-state index contributed by atoms with van der Waals surface area (Å²) in [4.78, 5) is 9.51. The van der Waals surface area contributed by atoms with Crippen LogP contribution in [0.25, 0.3) is 62.3 Å². The van der Waals surface area contributed by atoms with Gasteiger partial charge in [0.2, 0.25) is 0 Å². The smallest absolute Gasteiger partial charge is 0.0701 e. The van der Waals surface area contributed by atoms with E-state index in [-0.39, 0.29) is 17.9 Å². The second-order valence-electron chi connectivity index (χ2n) is 18.3. The van der Waals surface area contributed by atoms with E-state index in [1.807, 2.05) is 18.3 Å². The van der Waals surface area contributed by atoms with Gasteiger partial charge in [0.1, 0.15) is 0 Å². The zero-order chi connectivity index (χ0) is 45.7. The van der Waals surface area contributed by atoms with E-state index in [9.17, 15) is 0 Å². The van der Waals surface area contributed by atoms with Crippen molar-refractivity contribution in [3.05, 3.63) is 271 Å². The van der Waals surface area contributed by atoms with Crippen LogP contribution in [0.3, 0.4) is 0 Å². The summed E-state index contributed by atoms with van der Waals surface area (Å²) in [6.45, 7) is 0. The molecular formula is C65H48N4. The first-order valence-corrected chi connectivity index (χ1v) is 24.0. The molecule has 328 valence electrons. The van der Waals surface area contributed by atoms with Crippen molar-refractivity contribution in [2.24, 2.45) is 5.92 Å². The van der Waals surface area contributed by atoms with Gasteiger partial charge in [-0.05, 0) is 137 Å². The first-order chi connectivity index (χ1) is 34.2. The van der Waals surface area contributed by atoms with Crippen LogP contribution in [0.2, 0.25) is 0 Å². The third-order valence-corrected chi connectivity index (χ3v) is 14.3. The molecule has 13 rings (SSSR count). The van der Waals surface area contributed by atoms with Gasteiger partial charge in [-0.2, -0.15) is 0 Å². The van der Waals surface area contributed by atoms with Gasteiger partial charge in [-0.25, -0.2) is 0 Å². The molecule has 3 unspecified atom stereocenters. The van der Waals surface area contributed by atoms with Crippen molar-refractivity contribution in [2.75, 3.05) is 9.80 Å². The highest BCUT2D eigenvalue weighted by molar-refractivity contribution is 5.90. The van der Waals surface area contributed by atoms with Crippen molar-refractivity contribution < 1.29 is 0 Å². The summed E-state index contributed by atoms with van der Waals surface area (Å²) in [5, 5.41) is 3.82. The van der Waals surface area contributed by atoms with Gasteiger partial charge in [0.25, 0.3) is 0 Å². The molecule has 3 atom stereocenters. The van der Waals surface area contributed by atoms with Crippen molar-refractivity contribution in [2.45, 2.75) is 18.4 Å². The molecule has 2 aliphatic carbocycles. The number of anilines is 5. The fourth-order valence-electron chi connectivity index (χ4n) is 11.0. The number of nitrogens with zero attached hydrogens (tertiary/aromatic N) is 4. The lowest BCUT2D eigenvalue weighted by Gasteiger charge is -2.31. The van der Waals surface area contributed by atoms with Crippen LogP contribution < -0.4 is 20.4 Å². The second-order valence-corrected chi connectivity index (χ2v) is 18.3. The number of aromatic nitrogens is 2. The molecule has 0 bridgehead atoms. The molecule has 69 heavy (non-hydrogen) atoms. The van der Waals surface area contributed by atoms with E-state index in [0.29, 0.717) is 0 Å². The van der Waals surface area contributed by atoms with Gasteiger partial charge in [-0.15, -0.1) is 0 Å². The molecule has 0 saturated heterocycles. The molecule has 0 fully saturated rings. The van der Waals surface area contributed by atoms with Gasteiger partial charge in [-0.3, -0.25) is 4.98 Å². The van der Waals surface area contributed by atoms with Crippen molar-refractivity contribution in [3.63, 3.8) is 0 Å². The van der Waals surface area contributed by atoms with Crippen LogP contribution in [0.15, 0.2) is 254 Å². The Labute approximate surface area is 403 Å². The average molecular weight is 885 g/mol. The quantitative estimate of drug-likeness (QED) is 0.144. The van der Waals surface area contributed by atoms with Crippen molar-refractivity contribution in [1.82, 2.24) is 9.55 Å². The maximum Gasteiger partial charge on any atom is 0.0701 e. The largest absolute Gasteiger partial charge is 0.333 e. The first kappa shape index (κ1) is 40.5. The Balaban J connectivity index is 0.899. The topological polar surface area (TPSA) is 24.3 Å². The fraction of sp³-hybridized carbons (Fsp3) is 0.0615. The van der Waals surface area contributed by atoms with Crippen molar-refractivity contribution >= 4 is 51.5 Å². The fourth-order valence-corrected chi connectivity index (χ4v) is 11.0. The van der Waals surface area contributed by atoms with Crippen LogP contribution >= 0.6 is 0 Å². The van der Waals surface area contributed by atoms with Gasteiger partial charge < -0.3 is 14.4 Å². The number of benzene rings is 8. The molecule has 0 amide bonds. The SMILES string of the molecule is C1=CC2C(C=C1C1C=c3c(n(-c4ccc(-c5ccccn5)cc4)c4ccc(-c5ccccc5)cc34)=CC1)c1cc(-c3ccccc3)ccc1N2c1ccc(N(c2ccccc2)c2ccccc2)cc1. The molecule has 3 heterocycles. The van der Waals surface area contributed by atoms with Crippen LogP contribution in [0.5, 0.6) is 0 Å². The predicted octanol–water partition coefficient (Wildman–Crippen LogP) is 14.9. The Morgan fingerprint density at radius 2 is 1.09 bits per heavy atom. The van der Waals surface area contributed by atoms with E-state index in [1.54, 1.807) is 0 Å². The lowest BCUT2D eigenvalue weighted by Crippen LogP contribution is -2.33. The van der Waals surface area contributed by atoms with Gasteiger partial charge in [-0.1, -0.05) is 158 Å². The number of rotatable bonds is 9. The second kappa shape index (κ2) is 17.2. The first-order valence-electron chi connectivity index (χ1n) is 24.0. The zero-order valence-electron chi connectivity index (χ0n) is 38.1.